The van der Waals surface area contributed by atoms with Crippen LogP contribution in [0.5, 0.6) is 0 Å². The van der Waals surface area contributed by atoms with Gasteiger partial charge in [0.1, 0.15) is 0 Å². The first-order valence-electron chi connectivity index (χ1n) is 6.88. The molecule has 21 heavy (non-hydrogen) atoms. The van der Waals surface area contributed by atoms with E-state index in [1.54, 1.807) is 25.2 Å². The molecule has 0 radical (unpaired) electrons. The molecular weight excluding hydrogens is 311 g/mol. The minimum absolute atomic E-state index is 0.00950. The highest BCUT2D eigenvalue weighted by atomic mass is 35.5. The van der Waals surface area contributed by atoms with E-state index in [0.717, 1.165) is 12.8 Å². The first kappa shape index (κ1) is 17.8. The fourth-order valence-corrected chi connectivity index (χ4v) is 2.32. The van der Waals surface area contributed by atoms with Crippen molar-refractivity contribution in [3.8, 4) is 0 Å². The minimum Gasteiger partial charge on any atom is -0.336 e. The fourth-order valence-electron chi connectivity index (χ4n) is 2.02. The molecule has 6 heteroatoms. The van der Waals surface area contributed by atoms with Gasteiger partial charge >= 0.3 is 0 Å². The Morgan fingerprint density at radius 2 is 1.81 bits per heavy atom. The van der Waals surface area contributed by atoms with Gasteiger partial charge in [-0.25, -0.2) is 0 Å². The zero-order valence-electron chi connectivity index (χ0n) is 12.5. The molecule has 0 fully saturated rings. The third kappa shape index (κ3) is 5.21. The first-order valence-corrected chi connectivity index (χ1v) is 7.64. The Bertz CT molecular complexity index is 516. The maximum atomic E-state index is 12.1. The Hall–Kier alpha value is -1.26. The number of amides is 2. The van der Waals surface area contributed by atoms with E-state index in [1.165, 1.54) is 4.90 Å². The number of carbonyl (C=O) groups is 2. The van der Waals surface area contributed by atoms with Crippen LogP contribution in [0.15, 0.2) is 18.2 Å². The van der Waals surface area contributed by atoms with Crippen LogP contribution in [0, 0.1) is 5.92 Å². The van der Waals surface area contributed by atoms with Crippen molar-refractivity contribution < 1.29 is 9.59 Å². The molecule has 1 aromatic carbocycles. The lowest BCUT2D eigenvalue weighted by atomic mass is 10.0. The highest BCUT2D eigenvalue weighted by Crippen LogP contribution is 2.24. The average molecular weight is 331 g/mol. The standard InChI is InChI=1S/C15H20Cl2N2O2/c1-4-10(5-2)15(21)19(3)9-14(20)18-11-6-7-12(16)13(17)8-11/h6-8,10H,4-5,9H2,1-3H3,(H,18,20). The summed E-state index contributed by atoms with van der Waals surface area (Å²) in [6, 6.07) is 4.85. The Morgan fingerprint density at radius 3 is 2.33 bits per heavy atom. The topological polar surface area (TPSA) is 49.4 Å². The number of halogens is 2. The monoisotopic (exact) mass is 330 g/mol. The summed E-state index contributed by atoms with van der Waals surface area (Å²) in [5, 5.41) is 3.49. The van der Waals surface area contributed by atoms with Gasteiger partial charge in [-0.05, 0) is 31.0 Å². The van der Waals surface area contributed by atoms with Gasteiger partial charge in [0, 0.05) is 18.7 Å². The molecule has 0 heterocycles. The van der Waals surface area contributed by atoms with Crippen molar-refractivity contribution in [2.45, 2.75) is 26.7 Å². The molecule has 1 aromatic rings. The Morgan fingerprint density at radius 1 is 1.19 bits per heavy atom. The molecule has 1 N–H and O–H groups in total. The van der Waals surface area contributed by atoms with E-state index in [2.05, 4.69) is 5.32 Å². The van der Waals surface area contributed by atoms with Crippen molar-refractivity contribution in [1.29, 1.82) is 0 Å². The predicted octanol–water partition coefficient (Wildman–Crippen LogP) is 3.83. The molecule has 0 aliphatic carbocycles. The summed E-state index contributed by atoms with van der Waals surface area (Å²) in [5.41, 5.74) is 0.554. The zero-order valence-corrected chi connectivity index (χ0v) is 14.0. The molecule has 2 amide bonds. The second-order valence-electron chi connectivity index (χ2n) is 4.88. The summed E-state index contributed by atoms with van der Waals surface area (Å²) in [6.45, 7) is 3.95. The third-order valence-corrected chi connectivity index (χ3v) is 4.03. The Balaban J connectivity index is 2.60. The van der Waals surface area contributed by atoms with Crippen molar-refractivity contribution in [3.05, 3.63) is 28.2 Å². The van der Waals surface area contributed by atoms with Crippen LogP contribution in [-0.4, -0.2) is 30.3 Å². The predicted molar refractivity (Wildman–Crippen MR) is 86.8 cm³/mol. The van der Waals surface area contributed by atoms with Crippen molar-refractivity contribution in [2.24, 2.45) is 5.92 Å². The van der Waals surface area contributed by atoms with Gasteiger partial charge in [-0.1, -0.05) is 37.0 Å². The molecule has 0 saturated heterocycles. The number of anilines is 1. The Kier molecular flexibility index (Phi) is 6.99. The van der Waals surface area contributed by atoms with E-state index in [4.69, 9.17) is 23.2 Å². The largest absolute Gasteiger partial charge is 0.336 e. The van der Waals surface area contributed by atoms with Crippen molar-refractivity contribution in [2.75, 3.05) is 18.9 Å². The van der Waals surface area contributed by atoms with Crippen LogP contribution in [0.2, 0.25) is 10.0 Å². The number of nitrogens with one attached hydrogen (secondary N) is 1. The van der Waals surface area contributed by atoms with E-state index >= 15 is 0 Å². The lowest BCUT2D eigenvalue weighted by Gasteiger charge is -2.21. The second-order valence-corrected chi connectivity index (χ2v) is 5.70. The maximum Gasteiger partial charge on any atom is 0.243 e. The van der Waals surface area contributed by atoms with Crippen LogP contribution < -0.4 is 5.32 Å². The molecule has 0 aromatic heterocycles. The van der Waals surface area contributed by atoms with Gasteiger partial charge in [-0.3, -0.25) is 9.59 Å². The number of nitrogens with zero attached hydrogens (tertiary/aromatic N) is 1. The van der Waals surface area contributed by atoms with E-state index < -0.39 is 0 Å². The third-order valence-electron chi connectivity index (χ3n) is 3.30. The van der Waals surface area contributed by atoms with Gasteiger partial charge in [0.25, 0.3) is 0 Å². The maximum absolute atomic E-state index is 12.1. The number of hydrogen-bond donors (Lipinski definition) is 1. The van der Waals surface area contributed by atoms with Gasteiger partial charge in [0.2, 0.25) is 11.8 Å². The zero-order chi connectivity index (χ0) is 16.0. The Labute approximate surface area is 135 Å². The summed E-state index contributed by atoms with van der Waals surface area (Å²) in [6.07, 6.45) is 1.54. The molecule has 0 saturated carbocycles. The van der Waals surface area contributed by atoms with Crippen LogP contribution in [-0.2, 0) is 9.59 Å². The molecule has 4 nitrogen and oxygen atoms in total. The average Bonchev–Trinajstić information content (AvgIpc) is 2.44. The molecule has 0 aliphatic rings. The van der Waals surface area contributed by atoms with Crippen LogP contribution in [0.4, 0.5) is 5.69 Å². The molecule has 0 bridgehead atoms. The van der Waals surface area contributed by atoms with Crippen LogP contribution in [0.25, 0.3) is 0 Å². The fraction of sp³-hybridized carbons (Fsp3) is 0.467. The van der Waals surface area contributed by atoms with Crippen molar-refractivity contribution in [3.63, 3.8) is 0 Å². The normalized spacial score (nSPS) is 10.6. The smallest absolute Gasteiger partial charge is 0.243 e. The van der Waals surface area contributed by atoms with Gasteiger partial charge in [0.15, 0.2) is 0 Å². The molecule has 0 atom stereocenters. The first-order chi connectivity index (χ1) is 9.88. The van der Waals surface area contributed by atoms with E-state index in [-0.39, 0.29) is 24.3 Å². The second kappa shape index (κ2) is 8.25. The van der Waals surface area contributed by atoms with Gasteiger partial charge < -0.3 is 10.2 Å². The molecule has 116 valence electrons. The van der Waals surface area contributed by atoms with Crippen LogP contribution in [0.3, 0.4) is 0 Å². The van der Waals surface area contributed by atoms with Crippen molar-refractivity contribution in [1.82, 2.24) is 4.90 Å². The van der Waals surface area contributed by atoms with Crippen LogP contribution in [0.1, 0.15) is 26.7 Å². The van der Waals surface area contributed by atoms with E-state index in [0.29, 0.717) is 15.7 Å². The van der Waals surface area contributed by atoms with E-state index in [1.807, 2.05) is 13.8 Å². The summed E-state index contributed by atoms with van der Waals surface area (Å²) in [5.74, 6) is -0.313. The summed E-state index contributed by atoms with van der Waals surface area (Å²) < 4.78 is 0. The van der Waals surface area contributed by atoms with Crippen molar-refractivity contribution >= 4 is 40.7 Å². The summed E-state index contributed by atoms with van der Waals surface area (Å²) in [7, 11) is 1.63. The van der Waals surface area contributed by atoms with Gasteiger partial charge in [-0.15, -0.1) is 0 Å². The molecular formula is C15H20Cl2N2O2. The highest BCUT2D eigenvalue weighted by molar-refractivity contribution is 6.42. The number of rotatable bonds is 6. The molecule has 0 unspecified atom stereocenters. The molecule has 0 spiro atoms. The summed E-state index contributed by atoms with van der Waals surface area (Å²) >= 11 is 11.7. The molecule has 1 rings (SSSR count). The number of benzene rings is 1. The van der Waals surface area contributed by atoms with Crippen LogP contribution >= 0.6 is 23.2 Å². The number of carbonyl (C=O) groups excluding carboxylic acids is 2. The lowest BCUT2D eigenvalue weighted by molar-refractivity contribution is -0.137. The molecule has 0 aliphatic heterocycles. The summed E-state index contributed by atoms with van der Waals surface area (Å²) in [4.78, 5) is 25.5. The number of hydrogen-bond acceptors (Lipinski definition) is 2. The van der Waals surface area contributed by atoms with E-state index in [9.17, 15) is 9.59 Å². The van der Waals surface area contributed by atoms with Gasteiger partial charge in [-0.2, -0.15) is 0 Å². The number of likely N-dealkylation sites (N-methyl/N-ethyl adjacent to an activating group) is 1. The highest BCUT2D eigenvalue weighted by Gasteiger charge is 2.20. The minimum atomic E-state index is -0.268. The quantitative estimate of drug-likeness (QED) is 0.861. The SMILES string of the molecule is CCC(CC)C(=O)N(C)CC(=O)Nc1ccc(Cl)c(Cl)c1. The lowest BCUT2D eigenvalue weighted by Crippen LogP contribution is -2.38. The van der Waals surface area contributed by atoms with Gasteiger partial charge in [0.05, 0.1) is 16.6 Å².